The van der Waals surface area contributed by atoms with Crippen molar-refractivity contribution < 1.29 is 14.3 Å². The number of aryl methyl sites for hydroxylation is 1. The molecule has 2 aromatic carbocycles. The van der Waals surface area contributed by atoms with Crippen molar-refractivity contribution in [2.75, 3.05) is 11.9 Å². The lowest BCUT2D eigenvalue weighted by molar-refractivity contribution is -0.147. The summed E-state index contributed by atoms with van der Waals surface area (Å²) >= 11 is 3.41. The van der Waals surface area contributed by atoms with Gasteiger partial charge in [-0.1, -0.05) is 53.2 Å². The predicted octanol–water partition coefficient (Wildman–Crippen LogP) is 4.43. The third-order valence-corrected chi connectivity index (χ3v) is 4.54. The van der Waals surface area contributed by atoms with E-state index in [1.807, 2.05) is 56.3 Å². The number of carbonyl (C=O) groups is 2. The number of halogens is 1. The Labute approximate surface area is 150 Å². The molecule has 126 valence electrons. The molecule has 1 N–H and O–H groups in total. The van der Waals surface area contributed by atoms with Crippen molar-refractivity contribution in [3.05, 3.63) is 64.1 Å². The van der Waals surface area contributed by atoms with Gasteiger partial charge in [0.25, 0.3) is 5.91 Å². The summed E-state index contributed by atoms with van der Waals surface area (Å²) in [7, 11) is 0. The fraction of sp³-hybridized carbons (Fsp3) is 0.263. The summed E-state index contributed by atoms with van der Waals surface area (Å²) in [5, 5.41) is 2.71. The molecule has 0 spiro atoms. The highest BCUT2D eigenvalue weighted by Crippen LogP contribution is 2.20. The zero-order valence-corrected chi connectivity index (χ0v) is 15.3. The minimum atomic E-state index is -0.381. The van der Waals surface area contributed by atoms with Gasteiger partial charge in [-0.3, -0.25) is 9.59 Å². The number of ether oxygens (including phenoxy) is 1. The van der Waals surface area contributed by atoms with Gasteiger partial charge in [0.1, 0.15) is 0 Å². The Kier molecular flexibility index (Phi) is 6.55. The van der Waals surface area contributed by atoms with E-state index < -0.39 is 0 Å². The number of benzene rings is 2. The minimum Gasteiger partial charge on any atom is -0.456 e. The zero-order chi connectivity index (χ0) is 17.5. The van der Waals surface area contributed by atoms with Gasteiger partial charge in [0.2, 0.25) is 0 Å². The van der Waals surface area contributed by atoms with Crippen molar-refractivity contribution in [1.82, 2.24) is 0 Å². The molecule has 0 aliphatic rings. The van der Waals surface area contributed by atoms with E-state index in [2.05, 4.69) is 21.2 Å². The summed E-state index contributed by atoms with van der Waals surface area (Å²) in [4.78, 5) is 23.7. The maximum atomic E-state index is 11.9. The van der Waals surface area contributed by atoms with Gasteiger partial charge in [0.15, 0.2) is 6.61 Å². The number of esters is 1. The van der Waals surface area contributed by atoms with E-state index in [9.17, 15) is 9.59 Å². The molecule has 0 aliphatic carbocycles. The van der Waals surface area contributed by atoms with Crippen LogP contribution in [0, 0.1) is 6.92 Å². The van der Waals surface area contributed by atoms with Gasteiger partial charge in [0.05, 0.1) is 6.42 Å². The van der Waals surface area contributed by atoms with Crippen LogP contribution in [-0.2, 0) is 14.3 Å². The maximum Gasteiger partial charge on any atom is 0.306 e. The van der Waals surface area contributed by atoms with E-state index in [4.69, 9.17) is 4.74 Å². The molecular weight excluding hydrogens is 370 g/mol. The van der Waals surface area contributed by atoms with Crippen LogP contribution < -0.4 is 5.32 Å². The number of amides is 1. The van der Waals surface area contributed by atoms with Gasteiger partial charge < -0.3 is 10.1 Å². The summed E-state index contributed by atoms with van der Waals surface area (Å²) in [6.07, 6.45) is 0.245. The Balaban J connectivity index is 1.78. The van der Waals surface area contributed by atoms with Crippen LogP contribution in [0.25, 0.3) is 0 Å². The second-order valence-corrected chi connectivity index (χ2v) is 6.54. The van der Waals surface area contributed by atoms with E-state index in [-0.39, 0.29) is 30.8 Å². The van der Waals surface area contributed by atoms with E-state index in [0.29, 0.717) is 5.69 Å². The van der Waals surface area contributed by atoms with Crippen molar-refractivity contribution in [2.45, 2.75) is 26.2 Å². The molecule has 1 atom stereocenters. The Bertz CT molecular complexity index is 716. The Morgan fingerprint density at radius 1 is 1.17 bits per heavy atom. The Morgan fingerprint density at radius 2 is 1.88 bits per heavy atom. The minimum absolute atomic E-state index is 0.0517. The third kappa shape index (κ3) is 5.49. The number of hydrogen-bond acceptors (Lipinski definition) is 3. The fourth-order valence-electron chi connectivity index (χ4n) is 2.27. The summed E-state index contributed by atoms with van der Waals surface area (Å²) in [6.45, 7) is 3.61. The van der Waals surface area contributed by atoms with E-state index in [1.165, 1.54) is 0 Å². The molecule has 4 nitrogen and oxygen atoms in total. The molecular formula is C19H20BrNO3. The summed E-state index contributed by atoms with van der Waals surface area (Å²) in [5.41, 5.74) is 2.76. The van der Waals surface area contributed by atoms with Crippen LogP contribution in [0.2, 0.25) is 0 Å². The molecule has 24 heavy (non-hydrogen) atoms. The van der Waals surface area contributed by atoms with E-state index in [0.717, 1.165) is 15.6 Å². The lowest BCUT2D eigenvalue weighted by Gasteiger charge is -2.12. The average molecular weight is 390 g/mol. The van der Waals surface area contributed by atoms with Gasteiger partial charge in [-0.2, -0.15) is 0 Å². The molecule has 0 saturated heterocycles. The van der Waals surface area contributed by atoms with Crippen molar-refractivity contribution in [3.8, 4) is 0 Å². The highest BCUT2D eigenvalue weighted by atomic mass is 79.9. The number of anilines is 1. The van der Waals surface area contributed by atoms with Crippen molar-refractivity contribution in [2.24, 2.45) is 0 Å². The predicted molar refractivity (Wildman–Crippen MR) is 97.9 cm³/mol. The lowest BCUT2D eigenvalue weighted by Crippen LogP contribution is -2.21. The standard InChI is InChI=1S/C19H20BrNO3/c1-13(15-6-4-3-5-7-15)11-19(23)24-12-18(22)21-16-8-9-17(20)14(2)10-16/h3-10,13H,11-12H2,1-2H3,(H,21,22)/t13-/m0/s1. The fourth-order valence-corrected chi connectivity index (χ4v) is 2.52. The van der Waals surface area contributed by atoms with E-state index in [1.54, 1.807) is 6.07 Å². The smallest absolute Gasteiger partial charge is 0.306 e. The van der Waals surface area contributed by atoms with Crippen LogP contribution in [0.5, 0.6) is 0 Å². The van der Waals surface area contributed by atoms with E-state index >= 15 is 0 Å². The first-order valence-corrected chi connectivity index (χ1v) is 8.51. The Hall–Kier alpha value is -2.14. The van der Waals surface area contributed by atoms with Crippen LogP contribution >= 0.6 is 15.9 Å². The first kappa shape index (κ1) is 18.2. The van der Waals surface area contributed by atoms with Crippen molar-refractivity contribution in [3.63, 3.8) is 0 Å². The number of nitrogens with one attached hydrogen (secondary N) is 1. The van der Waals surface area contributed by atoms with Gasteiger partial charge in [-0.25, -0.2) is 0 Å². The van der Waals surface area contributed by atoms with Crippen LogP contribution in [0.3, 0.4) is 0 Å². The van der Waals surface area contributed by atoms with Crippen LogP contribution in [0.15, 0.2) is 53.0 Å². The normalized spacial score (nSPS) is 11.6. The summed E-state index contributed by atoms with van der Waals surface area (Å²) < 4.78 is 6.04. The number of rotatable bonds is 6. The van der Waals surface area contributed by atoms with Gasteiger partial charge >= 0.3 is 5.97 Å². The van der Waals surface area contributed by atoms with Crippen LogP contribution in [0.4, 0.5) is 5.69 Å². The first-order valence-electron chi connectivity index (χ1n) is 7.72. The van der Waals surface area contributed by atoms with Crippen molar-refractivity contribution >= 4 is 33.5 Å². The molecule has 0 fully saturated rings. The second kappa shape index (κ2) is 8.64. The third-order valence-electron chi connectivity index (χ3n) is 3.65. The average Bonchev–Trinajstić information content (AvgIpc) is 2.57. The van der Waals surface area contributed by atoms with Gasteiger partial charge in [0, 0.05) is 10.2 Å². The quantitative estimate of drug-likeness (QED) is 0.743. The second-order valence-electron chi connectivity index (χ2n) is 5.69. The molecule has 0 saturated carbocycles. The van der Waals surface area contributed by atoms with Gasteiger partial charge in [-0.15, -0.1) is 0 Å². The number of carbonyl (C=O) groups excluding carboxylic acids is 2. The molecule has 0 unspecified atom stereocenters. The Morgan fingerprint density at radius 3 is 2.54 bits per heavy atom. The first-order chi connectivity index (χ1) is 11.5. The largest absolute Gasteiger partial charge is 0.456 e. The molecule has 0 heterocycles. The molecule has 2 rings (SSSR count). The molecule has 2 aromatic rings. The van der Waals surface area contributed by atoms with Crippen LogP contribution in [-0.4, -0.2) is 18.5 Å². The number of hydrogen-bond donors (Lipinski definition) is 1. The molecule has 0 aromatic heterocycles. The monoisotopic (exact) mass is 389 g/mol. The molecule has 0 aliphatic heterocycles. The molecule has 0 radical (unpaired) electrons. The summed E-state index contributed by atoms with van der Waals surface area (Å²) in [6, 6.07) is 15.2. The maximum absolute atomic E-state index is 11.9. The molecule has 5 heteroatoms. The highest BCUT2D eigenvalue weighted by Gasteiger charge is 2.14. The zero-order valence-electron chi connectivity index (χ0n) is 13.7. The van der Waals surface area contributed by atoms with Crippen molar-refractivity contribution in [1.29, 1.82) is 0 Å². The van der Waals surface area contributed by atoms with Gasteiger partial charge in [-0.05, 0) is 42.2 Å². The lowest BCUT2D eigenvalue weighted by atomic mass is 9.98. The van der Waals surface area contributed by atoms with Crippen LogP contribution in [0.1, 0.15) is 30.4 Å². The summed E-state index contributed by atoms with van der Waals surface area (Å²) in [5.74, 6) is -0.679. The highest BCUT2D eigenvalue weighted by molar-refractivity contribution is 9.10. The molecule has 1 amide bonds. The molecule has 0 bridgehead atoms. The SMILES string of the molecule is Cc1cc(NC(=O)COC(=O)C[C@H](C)c2ccccc2)ccc1Br. The topological polar surface area (TPSA) is 55.4 Å².